The number of carbonyl (C=O) groups is 1. The Morgan fingerprint density at radius 1 is 1.20 bits per heavy atom. The van der Waals surface area contributed by atoms with Crippen LogP contribution in [0.2, 0.25) is 5.02 Å². The molecule has 0 unspecified atom stereocenters. The summed E-state index contributed by atoms with van der Waals surface area (Å²) in [5.41, 5.74) is 0.108. The molecule has 134 valence electrons. The van der Waals surface area contributed by atoms with Gasteiger partial charge in [-0.2, -0.15) is 0 Å². The molecule has 0 saturated carbocycles. The first-order chi connectivity index (χ1) is 11.6. The zero-order valence-electron chi connectivity index (χ0n) is 13.9. The predicted octanol–water partition coefficient (Wildman–Crippen LogP) is 3.65. The van der Waals surface area contributed by atoms with Gasteiger partial charge in [0.25, 0.3) is 0 Å². The van der Waals surface area contributed by atoms with E-state index in [1.165, 1.54) is 14.1 Å². The third-order valence-corrected chi connectivity index (χ3v) is 5.72. The molecule has 1 atom stereocenters. The Labute approximate surface area is 151 Å². The van der Waals surface area contributed by atoms with Crippen molar-refractivity contribution in [1.29, 1.82) is 0 Å². The lowest BCUT2D eigenvalue weighted by atomic mass is 10.1. The highest BCUT2D eigenvalue weighted by atomic mass is 35.5. The van der Waals surface area contributed by atoms with Gasteiger partial charge in [-0.25, -0.2) is 21.9 Å². The van der Waals surface area contributed by atoms with Gasteiger partial charge in [0, 0.05) is 24.7 Å². The minimum absolute atomic E-state index is 0.198. The quantitative estimate of drug-likeness (QED) is 0.737. The summed E-state index contributed by atoms with van der Waals surface area (Å²) in [6, 6.07) is 9.78. The fourth-order valence-electron chi connectivity index (χ4n) is 2.12. The van der Waals surface area contributed by atoms with Gasteiger partial charge in [-0.05, 0) is 31.2 Å². The molecule has 0 aliphatic rings. The van der Waals surface area contributed by atoms with Crippen molar-refractivity contribution < 1.29 is 22.3 Å². The molecular formula is C17H17ClFNO4S. The van der Waals surface area contributed by atoms with Crippen LogP contribution in [-0.4, -0.2) is 32.8 Å². The molecule has 5 nitrogen and oxygen atoms in total. The average Bonchev–Trinajstić information content (AvgIpc) is 2.55. The van der Waals surface area contributed by atoms with Crippen LogP contribution in [0.4, 0.5) is 4.39 Å². The van der Waals surface area contributed by atoms with Crippen molar-refractivity contribution in [3.05, 3.63) is 64.4 Å². The van der Waals surface area contributed by atoms with Crippen molar-refractivity contribution >= 4 is 27.6 Å². The second kappa shape index (κ2) is 7.51. The molecule has 0 amide bonds. The van der Waals surface area contributed by atoms with Gasteiger partial charge in [0.1, 0.15) is 11.9 Å². The van der Waals surface area contributed by atoms with E-state index in [1.807, 2.05) is 0 Å². The SMILES string of the molecule is C[C@H](OC(=O)c1cc(S(=O)(=O)N(C)C)ccc1F)c1ccccc1Cl. The third kappa shape index (κ3) is 4.18. The van der Waals surface area contributed by atoms with Crippen molar-refractivity contribution in [3.8, 4) is 0 Å². The highest BCUT2D eigenvalue weighted by Gasteiger charge is 2.23. The summed E-state index contributed by atoms with van der Waals surface area (Å²) >= 11 is 6.05. The van der Waals surface area contributed by atoms with E-state index in [-0.39, 0.29) is 4.90 Å². The second-order valence-corrected chi connectivity index (χ2v) is 8.06. The van der Waals surface area contributed by atoms with E-state index in [9.17, 15) is 17.6 Å². The lowest BCUT2D eigenvalue weighted by Crippen LogP contribution is -2.23. The number of halogens is 2. The maximum atomic E-state index is 14.0. The van der Waals surface area contributed by atoms with E-state index in [2.05, 4.69) is 0 Å². The lowest BCUT2D eigenvalue weighted by molar-refractivity contribution is 0.0332. The Hall–Kier alpha value is -1.96. The van der Waals surface area contributed by atoms with Crippen LogP contribution in [0.15, 0.2) is 47.4 Å². The van der Waals surface area contributed by atoms with Crippen LogP contribution >= 0.6 is 11.6 Å². The monoisotopic (exact) mass is 385 g/mol. The molecule has 0 heterocycles. The molecule has 0 aromatic heterocycles. The van der Waals surface area contributed by atoms with Crippen LogP contribution in [-0.2, 0) is 14.8 Å². The van der Waals surface area contributed by atoms with Crippen LogP contribution in [0.5, 0.6) is 0 Å². The Kier molecular flexibility index (Phi) is 5.82. The van der Waals surface area contributed by atoms with Crippen LogP contribution in [0.1, 0.15) is 28.9 Å². The Bertz CT molecular complexity index is 899. The molecule has 25 heavy (non-hydrogen) atoms. The Morgan fingerprint density at radius 2 is 1.84 bits per heavy atom. The highest BCUT2D eigenvalue weighted by Crippen LogP contribution is 2.27. The zero-order chi connectivity index (χ0) is 18.8. The molecule has 0 spiro atoms. The van der Waals surface area contributed by atoms with Gasteiger partial charge in [0.05, 0.1) is 10.5 Å². The van der Waals surface area contributed by atoms with E-state index in [1.54, 1.807) is 31.2 Å². The summed E-state index contributed by atoms with van der Waals surface area (Å²) in [6.45, 7) is 1.59. The summed E-state index contributed by atoms with van der Waals surface area (Å²) in [5, 5.41) is 0.409. The number of hydrogen-bond donors (Lipinski definition) is 0. The molecule has 0 radical (unpaired) electrons. The third-order valence-electron chi connectivity index (χ3n) is 3.56. The van der Waals surface area contributed by atoms with E-state index in [0.29, 0.717) is 10.6 Å². The second-order valence-electron chi connectivity index (χ2n) is 5.50. The maximum Gasteiger partial charge on any atom is 0.341 e. The molecule has 0 fully saturated rings. The van der Waals surface area contributed by atoms with Crippen molar-refractivity contribution in [2.24, 2.45) is 0 Å². The Morgan fingerprint density at radius 3 is 2.44 bits per heavy atom. The van der Waals surface area contributed by atoms with Gasteiger partial charge in [0.15, 0.2) is 0 Å². The van der Waals surface area contributed by atoms with Gasteiger partial charge in [0.2, 0.25) is 10.0 Å². The number of benzene rings is 2. The molecule has 0 aliphatic heterocycles. The number of hydrogen-bond acceptors (Lipinski definition) is 4. The number of rotatable bonds is 5. The topological polar surface area (TPSA) is 63.7 Å². The summed E-state index contributed by atoms with van der Waals surface area (Å²) in [6.07, 6.45) is -0.727. The molecule has 8 heteroatoms. The number of ether oxygens (including phenoxy) is 1. The highest BCUT2D eigenvalue weighted by molar-refractivity contribution is 7.89. The first kappa shape index (κ1) is 19.4. The van der Waals surface area contributed by atoms with Crippen LogP contribution in [0.3, 0.4) is 0 Å². The van der Waals surface area contributed by atoms with Gasteiger partial charge in [-0.3, -0.25) is 0 Å². The molecule has 0 bridgehead atoms. The number of carbonyl (C=O) groups excluding carboxylic acids is 1. The minimum Gasteiger partial charge on any atom is -0.454 e. The Balaban J connectivity index is 2.32. The summed E-state index contributed by atoms with van der Waals surface area (Å²) in [4.78, 5) is 12.1. The van der Waals surface area contributed by atoms with Gasteiger partial charge < -0.3 is 4.74 Å². The standard InChI is InChI=1S/C17H17ClFNO4S/c1-11(13-6-4-5-7-15(13)18)24-17(21)14-10-12(8-9-16(14)19)25(22,23)20(2)3/h4-11H,1-3H3/t11-/m0/s1. The van der Waals surface area contributed by atoms with E-state index in [0.717, 1.165) is 22.5 Å². The van der Waals surface area contributed by atoms with Gasteiger partial charge in [-0.1, -0.05) is 29.8 Å². The van der Waals surface area contributed by atoms with Gasteiger partial charge >= 0.3 is 5.97 Å². The number of nitrogens with zero attached hydrogens (tertiary/aromatic N) is 1. The van der Waals surface area contributed by atoms with Crippen molar-refractivity contribution in [2.45, 2.75) is 17.9 Å². The van der Waals surface area contributed by atoms with Crippen LogP contribution < -0.4 is 0 Å². The number of esters is 1. The first-order valence-corrected chi connectivity index (χ1v) is 9.14. The predicted molar refractivity (Wildman–Crippen MR) is 92.6 cm³/mol. The molecule has 2 rings (SSSR count). The molecule has 2 aromatic rings. The fraction of sp³-hybridized carbons (Fsp3) is 0.235. The minimum atomic E-state index is -3.80. The average molecular weight is 386 g/mol. The molecule has 0 aliphatic carbocycles. The molecule has 0 saturated heterocycles. The van der Waals surface area contributed by atoms with Crippen molar-refractivity contribution in [2.75, 3.05) is 14.1 Å². The van der Waals surface area contributed by atoms with E-state index >= 15 is 0 Å². The summed E-state index contributed by atoms with van der Waals surface area (Å²) < 4.78 is 44.5. The number of sulfonamides is 1. The van der Waals surface area contributed by atoms with Crippen LogP contribution in [0.25, 0.3) is 0 Å². The molecule has 0 N–H and O–H groups in total. The van der Waals surface area contributed by atoms with Crippen LogP contribution in [0, 0.1) is 5.82 Å². The maximum absolute atomic E-state index is 14.0. The van der Waals surface area contributed by atoms with E-state index < -0.39 is 33.5 Å². The first-order valence-electron chi connectivity index (χ1n) is 7.32. The molecular weight excluding hydrogens is 369 g/mol. The zero-order valence-corrected chi connectivity index (χ0v) is 15.4. The molecule has 2 aromatic carbocycles. The largest absolute Gasteiger partial charge is 0.454 e. The fourth-order valence-corrected chi connectivity index (χ4v) is 3.34. The smallest absolute Gasteiger partial charge is 0.341 e. The van der Waals surface area contributed by atoms with Gasteiger partial charge in [-0.15, -0.1) is 0 Å². The summed E-state index contributed by atoms with van der Waals surface area (Å²) in [5.74, 6) is -1.84. The van der Waals surface area contributed by atoms with Crippen molar-refractivity contribution in [1.82, 2.24) is 4.31 Å². The van der Waals surface area contributed by atoms with Crippen molar-refractivity contribution in [3.63, 3.8) is 0 Å². The normalized spacial score (nSPS) is 12.9. The summed E-state index contributed by atoms with van der Waals surface area (Å²) in [7, 11) is -1.11. The lowest BCUT2D eigenvalue weighted by Gasteiger charge is -2.16. The van der Waals surface area contributed by atoms with E-state index in [4.69, 9.17) is 16.3 Å².